The van der Waals surface area contributed by atoms with Crippen LogP contribution < -0.4 is 10.2 Å². The molecule has 1 fully saturated rings. The van der Waals surface area contributed by atoms with Crippen LogP contribution in [-0.2, 0) is 11.2 Å². The molecule has 1 amide bonds. The maximum Gasteiger partial charge on any atom is 0.228 e. The molecule has 1 saturated heterocycles. The van der Waals surface area contributed by atoms with Crippen molar-refractivity contribution in [2.24, 2.45) is 0 Å². The number of carbonyl (C=O) groups excluding carboxylic acids is 1. The van der Waals surface area contributed by atoms with Gasteiger partial charge >= 0.3 is 0 Å². The number of likely N-dealkylation sites (N-methyl/N-ethyl adjacent to an activating group) is 1. The molecule has 1 aliphatic heterocycles. The normalized spacial score (nSPS) is 14.9. The maximum atomic E-state index is 12.7. The van der Waals surface area contributed by atoms with Crippen LogP contribution in [0.25, 0.3) is 10.8 Å². The number of benzene rings is 3. The number of nitrogens with one attached hydrogen (secondary N) is 1. The van der Waals surface area contributed by atoms with E-state index in [0.717, 1.165) is 54.9 Å². The number of hydrogen-bond acceptors (Lipinski definition) is 3. The highest BCUT2D eigenvalue weighted by atomic mass is 16.1. The lowest BCUT2D eigenvalue weighted by molar-refractivity contribution is -0.115. The van der Waals surface area contributed by atoms with Crippen LogP contribution >= 0.6 is 0 Å². The van der Waals surface area contributed by atoms with E-state index in [-0.39, 0.29) is 5.91 Å². The van der Waals surface area contributed by atoms with Gasteiger partial charge in [0.2, 0.25) is 5.91 Å². The van der Waals surface area contributed by atoms with Crippen LogP contribution in [0.1, 0.15) is 18.1 Å². The summed E-state index contributed by atoms with van der Waals surface area (Å²) in [5.74, 6) is 0.0220. The standard InChI is InChI=1S/C25H29N3O/c1-3-27-13-15-28(16-14-27)22-11-12-24(19(2)17-22)26-25(29)18-21-9-6-8-20-7-4-5-10-23(20)21/h4-12,17H,3,13-16,18H2,1-2H3,(H,26,29). The lowest BCUT2D eigenvalue weighted by atomic mass is 10.0. The number of nitrogens with zero attached hydrogens (tertiary/aromatic N) is 2. The molecule has 0 atom stereocenters. The first-order chi connectivity index (χ1) is 14.1. The number of piperazine rings is 1. The molecular weight excluding hydrogens is 358 g/mol. The first-order valence-electron chi connectivity index (χ1n) is 10.5. The average Bonchev–Trinajstić information content (AvgIpc) is 2.75. The van der Waals surface area contributed by atoms with E-state index in [1.165, 1.54) is 11.1 Å². The Balaban J connectivity index is 1.43. The van der Waals surface area contributed by atoms with E-state index in [1.54, 1.807) is 0 Å². The van der Waals surface area contributed by atoms with Crippen LogP contribution in [0.4, 0.5) is 11.4 Å². The molecule has 0 aliphatic carbocycles. The molecule has 1 aliphatic rings. The van der Waals surface area contributed by atoms with Crippen molar-refractivity contribution >= 4 is 28.1 Å². The fraction of sp³-hybridized carbons (Fsp3) is 0.320. The van der Waals surface area contributed by atoms with Gasteiger partial charge < -0.3 is 15.1 Å². The number of anilines is 2. The summed E-state index contributed by atoms with van der Waals surface area (Å²) in [6, 6.07) is 20.7. The number of carbonyl (C=O) groups is 1. The Kier molecular flexibility index (Phi) is 5.81. The third-order valence-electron chi connectivity index (χ3n) is 5.90. The fourth-order valence-corrected chi connectivity index (χ4v) is 4.12. The smallest absolute Gasteiger partial charge is 0.228 e. The van der Waals surface area contributed by atoms with Gasteiger partial charge in [-0.1, -0.05) is 49.4 Å². The molecule has 4 nitrogen and oxygen atoms in total. The van der Waals surface area contributed by atoms with Gasteiger partial charge in [-0.05, 0) is 53.6 Å². The molecule has 29 heavy (non-hydrogen) atoms. The first kappa shape index (κ1) is 19.5. The van der Waals surface area contributed by atoms with Crippen LogP contribution in [0, 0.1) is 6.92 Å². The SMILES string of the molecule is CCN1CCN(c2ccc(NC(=O)Cc3cccc4ccccc34)c(C)c2)CC1. The summed E-state index contributed by atoms with van der Waals surface area (Å²) in [4.78, 5) is 17.6. The largest absolute Gasteiger partial charge is 0.369 e. The van der Waals surface area contributed by atoms with Crippen LogP contribution in [0.15, 0.2) is 60.7 Å². The van der Waals surface area contributed by atoms with Crippen LogP contribution in [0.2, 0.25) is 0 Å². The lowest BCUT2D eigenvalue weighted by Gasteiger charge is -2.35. The highest BCUT2D eigenvalue weighted by Gasteiger charge is 2.16. The van der Waals surface area contributed by atoms with Crippen molar-refractivity contribution in [2.45, 2.75) is 20.3 Å². The molecule has 0 unspecified atom stereocenters. The second-order valence-corrected chi connectivity index (χ2v) is 7.78. The van der Waals surface area contributed by atoms with Gasteiger partial charge in [0.15, 0.2) is 0 Å². The van der Waals surface area contributed by atoms with Gasteiger partial charge in [-0.15, -0.1) is 0 Å². The Morgan fingerprint density at radius 3 is 2.48 bits per heavy atom. The van der Waals surface area contributed by atoms with Gasteiger partial charge in [0.05, 0.1) is 6.42 Å². The molecule has 3 aromatic carbocycles. The van der Waals surface area contributed by atoms with Gasteiger partial charge in [0.1, 0.15) is 0 Å². The predicted molar refractivity (Wildman–Crippen MR) is 122 cm³/mol. The second-order valence-electron chi connectivity index (χ2n) is 7.78. The van der Waals surface area contributed by atoms with Crippen LogP contribution in [-0.4, -0.2) is 43.5 Å². The number of fused-ring (bicyclic) bond motifs is 1. The minimum absolute atomic E-state index is 0.0220. The van der Waals surface area contributed by atoms with E-state index >= 15 is 0 Å². The van der Waals surface area contributed by atoms with E-state index < -0.39 is 0 Å². The highest BCUT2D eigenvalue weighted by Crippen LogP contribution is 2.25. The minimum Gasteiger partial charge on any atom is -0.369 e. The summed E-state index contributed by atoms with van der Waals surface area (Å²) in [6.07, 6.45) is 0.377. The number of amides is 1. The predicted octanol–water partition coefficient (Wildman–Crippen LogP) is 4.47. The van der Waals surface area contributed by atoms with Gasteiger partial charge in [-0.3, -0.25) is 4.79 Å². The second kappa shape index (κ2) is 8.66. The lowest BCUT2D eigenvalue weighted by Crippen LogP contribution is -2.46. The topological polar surface area (TPSA) is 35.6 Å². The minimum atomic E-state index is 0.0220. The summed E-state index contributed by atoms with van der Waals surface area (Å²) in [6.45, 7) is 9.74. The Bertz CT molecular complexity index is 1000. The van der Waals surface area contributed by atoms with Crippen molar-refractivity contribution in [1.29, 1.82) is 0 Å². The third kappa shape index (κ3) is 4.43. The van der Waals surface area contributed by atoms with Gasteiger partial charge in [-0.25, -0.2) is 0 Å². The first-order valence-corrected chi connectivity index (χ1v) is 10.5. The molecule has 0 radical (unpaired) electrons. The van der Waals surface area contributed by atoms with Crippen molar-refractivity contribution < 1.29 is 4.79 Å². The molecule has 1 heterocycles. The van der Waals surface area contributed by atoms with Gasteiger partial charge in [0.25, 0.3) is 0 Å². The molecule has 3 aromatic rings. The highest BCUT2D eigenvalue weighted by molar-refractivity contribution is 5.96. The van der Waals surface area contributed by atoms with Crippen molar-refractivity contribution in [3.05, 3.63) is 71.8 Å². The Labute approximate surface area is 173 Å². The summed E-state index contributed by atoms with van der Waals surface area (Å²) >= 11 is 0. The van der Waals surface area contributed by atoms with E-state index in [0.29, 0.717) is 6.42 Å². The van der Waals surface area contributed by atoms with E-state index in [2.05, 4.69) is 59.3 Å². The average molecular weight is 388 g/mol. The van der Waals surface area contributed by atoms with Gasteiger partial charge in [0, 0.05) is 37.6 Å². The fourth-order valence-electron chi connectivity index (χ4n) is 4.12. The zero-order valence-corrected chi connectivity index (χ0v) is 17.3. The zero-order valence-electron chi connectivity index (χ0n) is 17.3. The maximum absolute atomic E-state index is 12.7. The molecule has 0 spiro atoms. The summed E-state index contributed by atoms with van der Waals surface area (Å²) in [5.41, 5.74) is 4.30. The zero-order chi connectivity index (χ0) is 20.2. The van der Waals surface area contributed by atoms with Crippen molar-refractivity contribution in [3.8, 4) is 0 Å². The third-order valence-corrected chi connectivity index (χ3v) is 5.90. The summed E-state index contributed by atoms with van der Waals surface area (Å²) in [7, 11) is 0. The van der Waals surface area contributed by atoms with Crippen molar-refractivity contribution in [3.63, 3.8) is 0 Å². The Morgan fingerprint density at radius 2 is 1.72 bits per heavy atom. The Hall–Kier alpha value is -2.85. The van der Waals surface area contributed by atoms with E-state index in [1.807, 2.05) is 30.3 Å². The van der Waals surface area contributed by atoms with Crippen molar-refractivity contribution in [1.82, 2.24) is 4.90 Å². The molecule has 4 rings (SSSR count). The summed E-state index contributed by atoms with van der Waals surface area (Å²) < 4.78 is 0. The number of hydrogen-bond donors (Lipinski definition) is 1. The summed E-state index contributed by atoms with van der Waals surface area (Å²) in [5, 5.41) is 5.41. The van der Waals surface area contributed by atoms with Gasteiger partial charge in [-0.2, -0.15) is 0 Å². The van der Waals surface area contributed by atoms with Crippen molar-refractivity contribution in [2.75, 3.05) is 42.9 Å². The number of rotatable bonds is 5. The molecule has 150 valence electrons. The van der Waals surface area contributed by atoms with Crippen LogP contribution in [0.5, 0.6) is 0 Å². The monoisotopic (exact) mass is 387 g/mol. The molecule has 4 heteroatoms. The van der Waals surface area contributed by atoms with E-state index in [9.17, 15) is 4.79 Å². The van der Waals surface area contributed by atoms with E-state index in [4.69, 9.17) is 0 Å². The molecule has 0 aromatic heterocycles. The molecule has 0 bridgehead atoms. The number of aryl methyl sites for hydroxylation is 1. The van der Waals surface area contributed by atoms with Crippen LogP contribution in [0.3, 0.4) is 0 Å². The molecule has 0 saturated carbocycles. The quantitative estimate of drug-likeness (QED) is 0.702. The molecular formula is C25H29N3O. The molecule has 1 N–H and O–H groups in total. The Morgan fingerprint density at radius 1 is 0.966 bits per heavy atom.